The number of nitrogens with zero attached hydrogens (tertiary/aromatic N) is 2. The topological polar surface area (TPSA) is 42.4 Å². The van der Waals surface area contributed by atoms with Gasteiger partial charge < -0.3 is 4.74 Å². The predicted molar refractivity (Wildman–Crippen MR) is 92.9 cm³/mol. The van der Waals surface area contributed by atoms with Crippen LogP contribution in [0.15, 0.2) is 30.3 Å². The fourth-order valence-corrected chi connectivity index (χ4v) is 3.06. The summed E-state index contributed by atoms with van der Waals surface area (Å²) in [6.07, 6.45) is 5.56. The van der Waals surface area contributed by atoms with Gasteiger partial charge in [0, 0.05) is 16.8 Å². The summed E-state index contributed by atoms with van der Waals surface area (Å²) in [7, 11) is 0. The third kappa shape index (κ3) is 3.63. The van der Waals surface area contributed by atoms with Gasteiger partial charge in [0.25, 0.3) is 0 Å². The first kappa shape index (κ1) is 15.8. The normalized spacial score (nSPS) is 17.7. The van der Waals surface area contributed by atoms with Gasteiger partial charge in [-0.05, 0) is 44.0 Å². The fourth-order valence-electron chi connectivity index (χ4n) is 3.06. The van der Waals surface area contributed by atoms with E-state index in [1.165, 1.54) is 19.3 Å². The van der Waals surface area contributed by atoms with Crippen molar-refractivity contribution >= 4 is 22.7 Å². The van der Waals surface area contributed by atoms with E-state index in [0.717, 1.165) is 35.1 Å². The van der Waals surface area contributed by atoms with Crippen LogP contribution in [0, 0.1) is 6.92 Å². The number of hydrogen-bond donors (Lipinski definition) is 0. The number of pyridine rings is 1. The predicted octanol–water partition coefficient (Wildman–Crippen LogP) is 4.84. The molecule has 1 fully saturated rings. The van der Waals surface area contributed by atoms with Crippen LogP contribution in [0.1, 0.15) is 44.7 Å². The van der Waals surface area contributed by atoms with Crippen molar-refractivity contribution in [2.24, 2.45) is 0 Å². The minimum atomic E-state index is -0.232. The zero-order chi connectivity index (χ0) is 16.2. The highest BCUT2D eigenvalue weighted by atomic mass is 16.6. The van der Waals surface area contributed by atoms with Crippen molar-refractivity contribution in [2.45, 2.75) is 52.1 Å². The maximum Gasteiger partial charge on any atom is 0.414 e. The smallest absolute Gasteiger partial charge is 0.414 e. The number of fused-ring (bicyclic) bond motifs is 1. The fraction of sp³-hybridized carbons (Fsp3) is 0.474. The molecule has 0 radical (unpaired) electrons. The van der Waals surface area contributed by atoms with Crippen molar-refractivity contribution in [3.8, 4) is 0 Å². The number of aryl methyl sites for hydroxylation is 1. The number of rotatable bonds is 6. The van der Waals surface area contributed by atoms with Gasteiger partial charge in [-0.25, -0.2) is 4.79 Å². The molecule has 1 unspecified atom stereocenters. The highest BCUT2D eigenvalue weighted by Gasteiger charge is 2.31. The molecule has 1 aromatic carbocycles. The van der Waals surface area contributed by atoms with E-state index in [-0.39, 0.29) is 12.2 Å². The number of benzene rings is 1. The van der Waals surface area contributed by atoms with E-state index in [9.17, 15) is 4.79 Å². The number of anilines is 1. The van der Waals surface area contributed by atoms with Crippen LogP contribution in [-0.2, 0) is 4.74 Å². The molecule has 1 amide bonds. The maximum atomic E-state index is 12.2. The average Bonchev–Trinajstić information content (AvgIpc) is 2.92. The van der Waals surface area contributed by atoms with Crippen LogP contribution in [-0.4, -0.2) is 23.7 Å². The third-order valence-electron chi connectivity index (χ3n) is 4.38. The van der Waals surface area contributed by atoms with Crippen LogP contribution in [0.25, 0.3) is 10.9 Å². The molecule has 122 valence electrons. The van der Waals surface area contributed by atoms with Crippen molar-refractivity contribution in [3.05, 3.63) is 36.0 Å². The summed E-state index contributed by atoms with van der Waals surface area (Å²) in [5.74, 6) is 0. The quantitative estimate of drug-likeness (QED) is 0.717. The Bertz CT molecular complexity index is 699. The summed E-state index contributed by atoms with van der Waals surface area (Å²) in [5.41, 5.74) is 2.85. The third-order valence-corrected chi connectivity index (χ3v) is 4.38. The Morgan fingerprint density at radius 1 is 1.22 bits per heavy atom. The molecule has 3 rings (SSSR count). The molecule has 2 aromatic rings. The number of hydrogen-bond acceptors (Lipinski definition) is 3. The first-order valence-corrected chi connectivity index (χ1v) is 8.53. The maximum absolute atomic E-state index is 12.2. The zero-order valence-corrected chi connectivity index (χ0v) is 13.9. The molecule has 0 bridgehead atoms. The van der Waals surface area contributed by atoms with Crippen LogP contribution in [0.3, 0.4) is 0 Å². The van der Waals surface area contributed by atoms with E-state index in [0.29, 0.717) is 6.54 Å². The van der Waals surface area contributed by atoms with E-state index in [1.807, 2.05) is 37.3 Å². The highest BCUT2D eigenvalue weighted by molar-refractivity contribution is 5.93. The van der Waals surface area contributed by atoms with Crippen LogP contribution in [0.4, 0.5) is 10.5 Å². The number of cyclic esters (lactones) is 1. The van der Waals surface area contributed by atoms with E-state index in [2.05, 4.69) is 11.9 Å². The van der Waals surface area contributed by atoms with Gasteiger partial charge in [0.2, 0.25) is 0 Å². The van der Waals surface area contributed by atoms with Crippen molar-refractivity contribution in [1.29, 1.82) is 0 Å². The van der Waals surface area contributed by atoms with Gasteiger partial charge in [0.05, 0.1) is 12.1 Å². The van der Waals surface area contributed by atoms with Crippen LogP contribution in [0.2, 0.25) is 0 Å². The summed E-state index contributed by atoms with van der Waals surface area (Å²) in [4.78, 5) is 18.4. The highest BCUT2D eigenvalue weighted by Crippen LogP contribution is 2.27. The van der Waals surface area contributed by atoms with E-state index in [1.54, 1.807) is 4.90 Å². The molecule has 0 saturated carbocycles. The Labute approximate surface area is 137 Å². The van der Waals surface area contributed by atoms with Crippen LogP contribution >= 0.6 is 0 Å². The molecule has 1 aliphatic rings. The minimum Gasteiger partial charge on any atom is -0.444 e. The standard InChI is InChI=1S/C19H24N2O2/c1-3-4-5-6-7-17-13-21(19(22)23-17)16-10-11-18-15(12-16)9-8-14(2)20-18/h8-12,17H,3-7,13H2,1-2H3. The number of carbonyl (C=O) groups excluding carboxylic acids is 1. The number of unbranched alkanes of at least 4 members (excludes halogenated alkanes) is 3. The van der Waals surface area contributed by atoms with E-state index in [4.69, 9.17) is 4.74 Å². The van der Waals surface area contributed by atoms with Gasteiger partial charge in [0.15, 0.2) is 0 Å². The van der Waals surface area contributed by atoms with Crippen LogP contribution < -0.4 is 4.90 Å². The molecule has 1 aromatic heterocycles. The average molecular weight is 312 g/mol. The lowest BCUT2D eigenvalue weighted by Gasteiger charge is -2.13. The van der Waals surface area contributed by atoms with Gasteiger partial charge in [-0.3, -0.25) is 9.88 Å². The Hall–Kier alpha value is -2.10. The molecule has 23 heavy (non-hydrogen) atoms. The molecule has 4 heteroatoms. The summed E-state index contributed by atoms with van der Waals surface area (Å²) < 4.78 is 5.51. The molecule has 0 N–H and O–H groups in total. The number of carbonyl (C=O) groups is 1. The Morgan fingerprint density at radius 3 is 2.91 bits per heavy atom. The SMILES string of the molecule is CCCCCCC1CN(c2ccc3nc(C)ccc3c2)C(=O)O1. The molecule has 2 heterocycles. The van der Waals surface area contributed by atoms with Crippen molar-refractivity contribution in [2.75, 3.05) is 11.4 Å². The molecule has 0 spiro atoms. The second-order valence-electron chi connectivity index (χ2n) is 6.30. The molecule has 4 nitrogen and oxygen atoms in total. The van der Waals surface area contributed by atoms with Crippen molar-refractivity contribution in [1.82, 2.24) is 4.98 Å². The second kappa shape index (κ2) is 6.99. The minimum absolute atomic E-state index is 0.0196. The second-order valence-corrected chi connectivity index (χ2v) is 6.30. The monoisotopic (exact) mass is 312 g/mol. The number of amides is 1. The lowest BCUT2D eigenvalue weighted by atomic mass is 10.1. The molecule has 1 atom stereocenters. The number of aromatic nitrogens is 1. The van der Waals surface area contributed by atoms with Gasteiger partial charge in [-0.15, -0.1) is 0 Å². The van der Waals surface area contributed by atoms with E-state index < -0.39 is 0 Å². The Balaban J connectivity index is 1.69. The molecule has 1 saturated heterocycles. The lowest BCUT2D eigenvalue weighted by Crippen LogP contribution is -2.24. The van der Waals surface area contributed by atoms with Crippen molar-refractivity contribution in [3.63, 3.8) is 0 Å². The van der Waals surface area contributed by atoms with Crippen LogP contribution in [0.5, 0.6) is 0 Å². The first-order chi connectivity index (χ1) is 11.2. The molecule has 1 aliphatic heterocycles. The van der Waals surface area contributed by atoms with Gasteiger partial charge in [-0.1, -0.05) is 32.3 Å². The largest absolute Gasteiger partial charge is 0.444 e. The summed E-state index contributed by atoms with van der Waals surface area (Å²) >= 11 is 0. The molecular weight excluding hydrogens is 288 g/mol. The summed E-state index contributed by atoms with van der Waals surface area (Å²) in [6, 6.07) is 9.98. The first-order valence-electron chi connectivity index (χ1n) is 8.53. The Morgan fingerprint density at radius 2 is 2.09 bits per heavy atom. The Kier molecular flexibility index (Phi) is 4.79. The lowest BCUT2D eigenvalue weighted by molar-refractivity contribution is 0.135. The van der Waals surface area contributed by atoms with Gasteiger partial charge in [-0.2, -0.15) is 0 Å². The molecular formula is C19H24N2O2. The van der Waals surface area contributed by atoms with Gasteiger partial charge in [0.1, 0.15) is 6.10 Å². The van der Waals surface area contributed by atoms with E-state index >= 15 is 0 Å². The summed E-state index contributed by atoms with van der Waals surface area (Å²) in [5, 5.41) is 1.05. The zero-order valence-electron chi connectivity index (χ0n) is 13.9. The number of ether oxygens (including phenoxy) is 1. The molecule has 0 aliphatic carbocycles. The summed E-state index contributed by atoms with van der Waals surface area (Å²) in [6.45, 7) is 4.83. The van der Waals surface area contributed by atoms with Crippen molar-refractivity contribution < 1.29 is 9.53 Å². The van der Waals surface area contributed by atoms with Gasteiger partial charge >= 0.3 is 6.09 Å².